The molecule has 5 heteroatoms. The molecule has 0 radical (unpaired) electrons. The van der Waals surface area contributed by atoms with Gasteiger partial charge in [0.2, 0.25) is 0 Å². The number of esters is 1. The van der Waals surface area contributed by atoms with Gasteiger partial charge < -0.3 is 14.4 Å². The molecule has 5 nitrogen and oxygen atoms in total. The van der Waals surface area contributed by atoms with Crippen LogP contribution in [0.4, 0.5) is 0 Å². The average Bonchev–Trinajstić information content (AvgIpc) is 2.65. The topological polar surface area (TPSA) is 55.8 Å². The number of hydrogen-bond acceptors (Lipinski definition) is 4. The molecule has 0 saturated carbocycles. The van der Waals surface area contributed by atoms with Crippen molar-refractivity contribution in [2.24, 2.45) is 0 Å². The highest BCUT2D eigenvalue weighted by atomic mass is 16.6. The maximum Gasteiger partial charge on any atom is 0.344 e. The first-order chi connectivity index (χ1) is 12.5. The third kappa shape index (κ3) is 5.92. The molecule has 0 atom stereocenters. The van der Waals surface area contributed by atoms with Gasteiger partial charge in [0, 0.05) is 19.5 Å². The summed E-state index contributed by atoms with van der Waals surface area (Å²) in [6.07, 6.45) is 0.712. The summed E-state index contributed by atoms with van der Waals surface area (Å²) in [5.41, 5.74) is 2.15. The highest BCUT2D eigenvalue weighted by molar-refractivity contribution is 5.81. The molecule has 2 rings (SSSR count). The second kappa shape index (κ2) is 9.61. The van der Waals surface area contributed by atoms with Crippen molar-refractivity contribution in [1.82, 2.24) is 4.90 Å². The van der Waals surface area contributed by atoms with Crippen LogP contribution in [0.25, 0.3) is 0 Å². The van der Waals surface area contributed by atoms with Crippen LogP contribution in [0.2, 0.25) is 0 Å². The van der Waals surface area contributed by atoms with Gasteiger partial charge in [-0.15, -0.1) is 0 Å². The molecule has 0 aliphatic carbocycles. The number of rotatable bonds is 8. The molecule has 26 heavy (non-hydrogen) atoms. The van der Waals surface area contributed by atoms with Crippen LogP contribution in [-0.2, 0) is 20.7 Å². The summed E-state index contributed by atoms with van der Waals surface area (Å²) < 4.78 is 10.6. The zero-order chi connectivity index (χ0) is 18.9. The lowest BCUT2D eigenvalue weighted by atomic mass is 10.0. The molecule has 0 aromatic heterocycles. The van der Waals surface area contributed by atoms with E-state index in [1.807, 2.05) is 68.4 Å². The minimum Gasteiger partial charge on any atom is -0.482 e. The molecule has 0 saturated heterocycles. The number of para-hydroxylation sites is 1. The summed E-state index contributed by atoms with van der Waals surface area (Å²) in [6, 6.07) is 17.7. The molecule has 0 N–H and O–H groups in total. The number of ether oxygens (including phenoxy) is 2. The van der Waals surface area contributed by atoms with E-state index in [1.54, 1.807) is 7.05 Å². The van der Waals surface area contributed by atoms with Gasteiger partial charge in [0.15, 0.2) is 13.2 Å². The molecule has 0 spiro atoms. The minimum absolute atomic E-state index is 0.0577. The van der Waals surface area contributed by atoms with Gasteiger partial charge in [0.1, 0.15) is 5.75 Å². The van der Waals surface area contributed by atoms with E-state index in [0.29, 0.717) is 12.2 Å². The van der Waals surface area contributed by atoms with Crippen molar-refractivity contribution in [2.45, 2.75) is 26.3 Å². The molecule has 0 bridgehead atoms. The Bertz CT molecular complexity index is 728. The Labute approximate surface area is 154 Å². The van der Waals surface area contributed by atoms with E-state index in [9.17, 15) is 9.59 Å². The SMILES string of the molecule is CC(C)N(C)C(=O)COC(=O)COc1ccccc1Cc1ccccc1. The molecular weight excluding hydrogens is 330 g/mol. The van der Waals surface area contributed by atoms with Crippen molar-refractivity contribution >= 4 is 11.9 Å². The molecule has 0 heterocycles. The predicted molar refractivity (Wildman–Crippen MR) is 100 cm³/mol. The third-order valence-electron chi connectivity index (χ3n) is 4.08. The number of carbonyl (C=O) groups is 2. The first kappa shape index (κ1) is 19.5. The van der Waals surface area contributed by atoms with E-state index < -0.39 is 5.97 Å². The fourth-order valence-electron chi connectivity index (χ4n) is 2.32. The van der Waals surface area contributed by atoms with Gasteiger partial charge in [-0.25, -0.2) is 4.79 Å². The fourth-order valence-corrected chi connectivity index (χ4v) is 2.32. The molecule has 2 aromatic carbocycles. The predicted octanol–water partition coefficient (Wildman–Crippen LogP) is 3.07. The Hall–Kier alpha value is -2.82. The smallest absolute Gasteiger partial charge is 0.344 e. The lowest BCUT2D eigenvalue weighted by Gasteiger charge is -2.21. The zero-order valence-electron chi connectivity index (χ0n) is 15.5. The second-order valence-electron chi connectivity index (χ2n) is 6.32. The maximum atomic E-state index is 11.9. The molecule has 0 unspecified atom stereocenters. The van der Waals surface area contributed by atoms with Gasteiger partial charge in [0.25, 0.3) is 5.91 Å². The monoisotopic (exact) mass is 355 g/mol. The summed E-state index contributed by atoms with van der Waals surface area (Å²) in [5.74, 6) is -0.165. The number of benzene rings is 2. The Morgan fingerprint density at radius 1 is 0.962 bits per heavy atom. The number of hydrogen-bond donors (Lipinski definition) is 0. The van der Waals surface area contributed by atoms with Crippen LogP contribution in [0.1, 0.15) is 25.0 Å². The van der Waals surface area contributed by atoms with Crippen molar-refractivity contribution in [1.29, 1.82) is 0 Å². The van der Waals surface area contributed by atoms with Crippen LogP contribution in [0, 0.1) is 0 Å². The summed E-state index contributed by atoms with van der Waals surface area (Å²) in [7, 11) is 1.68. The van der Waals surface area contributed by atoms with Crippen LogP contribution in [0.5, 0.6) is 5.75 Å². The normalized spacial score (nSPS) is 10.5. The van der Waals surface area contributed by atoms with Gasteiger partial charge in [-0.2, -0.15) is 0 Å². The lowest BCUT2D eigenvalue weighted by molar-refractivity contribution is -0.153. The van der Waals surface area contributed by atoms with Crippen LogP contribution in [0.15, 0.2) is 54.6 Å². The lowest BCUT2D eigenvalue weighted by Crippen LogP contribution is -2.36. The Morgan fingerprint density at radius 3 is 2.31 bits per heavy atom. The molecule has 2 aromatic rings. The summed E-state index contributed by atoms with van der Waals surface area (Å²) in [6.45, 7) is 3.28. The Kier molecular flexibility index (Phi) is 7.21. The molecule has 0 aliphatic rings. The van der Waals surface area contributed by atoms with Gasteiger partial charge in [0.05, 0.1) is 0 Å². The highest BCUT2D eigenvalue weighted by Gasteiger charge is 2.15. The molecular formula is C21H25NO4. The van der Waals surface area contributed by atoms with Gasteiger partial charge >= 0.3 is 5.97 Å². The minimum atomic E-state index is -0.565. The van der Waals surface area contributed by atoms with Crippen molar-refractivity contribution < 1.29 is 19.1 Å². The van der Waals surface area contributed by atoms with E-state index in [0.717, 1.165) is 11.1 Å². The van der Waals surface area contributed by atoms with E-state index >= 15 is 0 Å². The maximum absolute atomic E-state index is 11.9. The molecule has 0 fully saturated rings. The molecule has 138 valence electrons. The van der Waals surface area contributed by atoms with Gasteiger partial charge in [-0.05, 0) is 31.0 Å². The van der Waals surface area contributed by atoms with Crippen molar-refractivity contribution in [3.63, 3.8) is 0 Å². The van der Waals surface area contributed by atoms with E-state index in [-0.39, 0.29) is 25.2 Å². The highest BCUT2D eigenvalue weighted by Crippen LogP contribution is 2.21. The van der Waals surface area contributed by atoms with E-state index in [2.05, 4.69) is 0 Å². The largest absolute Gasteiger partial charge is 0.482 e. The Morgan fingerprint density at radius 2 is 1.62 bits per heavy atom. The third-order valence-corrected chi connectivity index (χ3v) is 4.08. The van der Waals surface area contributed by atoms with Crippen LogP contribution < -0.4 is 4.74 Å². The van der Waals surface area contributed by atoms with E-state index in [4.69, 9.17) is 9.47 Å². The van der Waals surface area contributed by atoms with Crippen molar-refractivity contribution in [3.05, 3.63) is 65.7 Å². The van der Waals surface area contributed by atoms with Gasteiger partial charge in [-0.3, -0.25) is 4.79 Å². The number of amides is 1. The molecule has 0 aliphatic heterocycles. The molecule has 1 amide bonds. The van der Waals surface area contributed by atoms with E-state index in [1.165, 1.54) is 4.90 Å². The van der Waals surface area contributed by atoms with Crippen LogP contribution in [-0.4, -0.2) is 43.1 Å². The zero-order valence-corrected chi connectivity index (χ0v) is 15.5. The first-order valence-corrected chi connectivity index (χ1v) is 8.63. The standard InChI is InChI=1S/C21H25NO4/c1-16(2)22(3)20(23)14-26-21(24)15-25-19-12-8-7-11-18(19)13-17-9-5-4-6-10-17/h4-12,16H,13-15H2,1-3H3. The van der Waals surface area contributed by atoms with Crippen molar-refractivity contribution in [2.75, 3.05) is 20.3 Å². The fraction of sp³-hybridized carbons (Fsp3) is 0.333. The summed E-state index contributed by atoms with van der Waals surface area (Å²) >= 11 is 0. The van der Waals surface area contributed by atoms with Crippen molar-refractivity contribution in [3.8, 4) is 5.75 Å². The second-order valence-corrected chi connectivity index (χ2v) is 6.32. The quantitative estimate of drug-likeness (QED) is 0.683. The number of nitrogens with zero attached hydrogens (tertiary/aromatic N) is 1. The van der Waals surface area contributed by atoms with Crippen LogP contribution >= 0.6 is 0 Å². The first-order valence-electron chi connectivity index (χ1n) is 8.63. The summed E-state index contributed by atoms with van der Waals surface area (Å²) in [4.78, 5) is 25.2. The Balaban J connectivity index is 1.87. The average molecular weight is 355 g/mol. The summed E-state index contributed by atoms with van der Waals surface area (Å²) in [5, 5.41) is 0. The number of carbonyl (C=O) groups excluding carboxylic acids is 2. The number of likely N-dealkylation sites (N-methyl/N-ethyl adjacent to an activating group) is 1. The van der Waals surface area contributed by atoms with Crippen LogP contribution in [0.3, 0.4) is 0 Å². The van der Waals surface area contributed by atoms with Gasteiger partial charge in [-0.1, -0.05) is 48.5 Å².